The Balaban J connectivity index is 1.69. The molecule has 3 atom stereocenters. The van der Waals surface area contributed by atoms with E-state index in [1.54, 1.807) is 6.07 Å². The minimum atomic E-state index is -0.342. The molecular formula is C15H20N2OS. The molecule has 3 rings (SSSR count). The maximum Gasteiger partial charge on any atom is 0.248 e. The highest BCUT2D eigenvalue weighted by molar-refractivity contribution is 8.00. The Hall–Kier alpha value is -1.00. The Kier molecular flexibility index (Phi) is 3.54. The fourth-order valence-electron chi connectivity index (χ4n) is 3.37. The summed E-state index contributed by atoms with van der Waals surface area (Å²) >= 11 is 1.91. The molecule has 2 N–H and O–H groups in total. The molecule has 19 heavy (non-hydrogen) atoms. The van der Waals surface area contributed by atoms with Crippen molar-refractivity contribution in [3.63, 3.8) is 0 Å². The summed E-state index contributed by atoms with van der Waals surface area (Å²) in [7, 11) is 2.26. The molecule has 0 radical (unpaired) electrons. The molecule has 0 aromatic heterocycles. The van der Waals surface area contributed by atoms with E-state index in [2.05, 4.69) is 18.0 Å². The van der Waals surface area contributed by atoms with Crippen LogP contribution < -0.4 is 5.73 Å². The molecule has 2 aliphatic rings. The second-order valence-corrected chi connectivity index (χ2v) is 7.03. The van der Waals surface area contributed by atoms with Crippen LogP contribution in [-0.2, 0) is 0 Å². The molecule has 0 spiro atoms. The minimum Gasteiger partial charge on any atom is -0.366 e. The SMILES string of the molecule is CN1[C@@H]2CC[C@H]1CC(Sc1cccc(C(N)=O)c1)C2. The van der Waals surface area contributed by atoms with Gasteiger partial charge < -0.3 is 10.6 Å². The van der Waals surface area contributed by atoms with E-state index >= 15 is 0 Å². The Morgan fingerprint density at radius 1 is 1.32 bits per heavy atom. The van der Waals surface area contributed by atoms with E-state index in [1.807, 2.05) is 23.9 Å². The molecule has 0 aliphatic carbocycles. The Morgan fingerprint density at radius 3 is 2.63 bits per heavy atom. The highest BCUT2D eigenvalue weighted by Gasteiger charge is 2.38. The Morgan fingerprint density at radius 2 is 2.00 bits per heavy atom. The zero-order chi connectivity index (χ0) is 13.4. The average Bonchev–Trinajstić information content (AvgIpc) is 2.63. The summed E-state index contributed by atoms with van der Waals surface area (Å²) in [4.78, 5) is 14.9. The van der Waals surface area contributed by atoms with Crippen LogP contribution in [0.1, 0.15) is 36.0 Å². The number of nitrogens with two attached hydrogens (primary N) is 1. The summed E-state index contributed by atoms with van der Waals surface area (Å²) in [5, 5.41) is 0.678. The third kappa shape index (κ3) is 2.65. The molecule has 2 bridgehead atoms. The summed E-state index contributed by atoms with van der Waals surface area (Å²) in [6.07, 6.45) is 5.22. The number of hydrogen-bond donors (Lipinski definition) is 1. The van der Waals surface area contributed by atoms with Crippen LogP contribution in [0, 0.1) is 0 Å². The van der Waals surface area contributed by atoms with Gasteiger partial charge in [-0.05, 0) is 50.9 Å². The van der Waals surface area contributed by atoms with Gasteiger partial charge in [0.1, 0.15) is 0 Å². The number of primary amides is 1. The zero-order valence-corrected chi connectivity index (χ0v) is 12.0. The quantitative estimate of drug-likeness (QED) is 0.922. The number of nitrogens with zero attached hydrogens (tertiary/aromatic N) is 1. The summed E-state index contributed by atoms with van der Waals surface area (Å²) in [6, 6.07) is 9.23. The Bertz CT molecular complexity index is 477. The monoisotopic (exact) mass is 276 g/mol. The standard InChI is InChI=1S/C15H20N2OS/c1-17-11-5-6-12(17)9-14(8-11)19-13-4-2-3-10(7-13)15(16)18/h2-4,7,11-12,14H,5-6,8-9H2,1H3,(H2,16,18)/t11-,12+,14?. The maximum absolute atomic E-state index is 11.2. The van der Waals surface area contributed by atoms with Crippen molar-refractivity contribution in [2.45, 2.75) is 47.9 Å². The van der Waals surface area contributed by atoms with Crippen LogP contribution in [0.15, 0.2) is 29.2 Å². The van der Waals surface area contributed by atoms with Gasteiger partial charge in [-0.1, -0.05) is 6.07 Å². The first kappa shape index (κ1) is 13.0. The van der Waals surface area contributed by atoms with Gasteiger partial charge in [0, 0.05) is 27.8 Å². The number of carbonyl (C=O) groups is 1. The molecule has 2 aliphatic heterocycles. The minimum absolute atomic E-state index is 0.342. The first-order valence-electron chi connectivity index (χ1n) is 6.92. The van der Waals surface area contributed by atoms with E-state index in [-0.39, 0.29) is 5.91 Å². The van der Waals surface area contributed by atoms with Crippen molar-refractivity contribution in [2.75, 3.05) is 7.05 Å². The van der Waals surface area contributed by atoms with Crippen molar-refractivity contribution in [3.05, 3.63) is 29.8 Å². The van der Waals surface area contributed by atoms with Gasteiger partial charge in [-0.15, -0.1) is 11.8 Å². The Labute approximate surface area is 118 Å². The molecule has 2 heterocycles. The van der Waals surface area contributed by atoms with Crippen molar-refractivity contribution in [1.82, 2.24) is 4.90 Å². The molecule has 2 saturated heterocycles. The number of piperidine rings is 1. The molecule has 4 heteroatoms. The zero-order valence-electron chi connectivity index (χ0n) is 11.2. The summed E-state index contributed by atoms with van der Waals surface area (Å²) < 4.78 is 0. The van der Waals surface area contributed by atoms with Gasteiger partial charge in [-0.25, -0.2) is 0 Å². The largest absolute Gasteiger partial charge is 0.366 e. The summed E-state index contributed by atoms with van der Waals surface area (Å²) in [5.74, 6) is -0.342. The first-order chi connectivity index (χ1) is 9.13. The number of amides is 1. The van der Waals surface area contributed by atoms with E-state index in [1.165, 1.54) is 30.6 Å². The molecule has 1 amide bonds. The van der Waals surface area contributed by atoms with Gasteiger partial charge in [0.2, 0.25) is 5.91 Å². The second kappa shape index (κ2) is 5.17. The van der Waals surface area contributed by atoms with E-state index in [0.29, 0.717) is 10.8 Å². The summed E-state index contributed by atoms with van der Waals surface area (Å²) in [5.41, 5.74) is 5.95. The van der Waals surface area contributed by atoms with Gasteiger partial charge in [-0.2, -0.15) is 0 Å². The third-order valence-electron chi connectivity index (χ3n) is 4.48. The lowest BCUT2D eigenvalue weighted by molar-refractivity contribution is 0.1000. The van der Waals surface area contributed by atoms with E-state index < -0.39 is 0 Å². The molecule has 1 unspecified atom stereocenters. The van der Waals surface area contributed by atoms with Crippen molar-refractivity contribution in [2.24, 2.45) is 5.73 Å². The van der Waals surface area contributed by atoms with Gasteiger partial charge in [-0.3, -0.25) is 4.79 Å². The normalized spacial score (nSPS) is 30.5. The smallest absolute Gasteiger partial charge is 0.248 e. The van der Waals surface area contributed by atoms with E-state index in [9.17, 15) is 4.79 Å². The van der Waals surface area contributed by atoms with Crippen molar-refractivity contribution < 1.29 is 4.79 Å². The molecule has 102 valence electrons. The fourth-order valence-corrected chi connectivity index (χ4v) is 4.75. The lowest BCUT2D eigenvalue weighted by atomic mass is 10.0. The molecule has 3 nitrogen and oxygen atoms in total. The van der Waals surface area contributed by atoms with E-state index in [0.717, 1.165) is 12.1 Å². The second-order valence-electron chi connectivity index (χ2n) is 5.65. The van der Waals surface area contributed by atoms with Crippen LogP contribution in [0.25, 0.3) is 0 Å². The molecular weight excluding hydrogens is 256 g/mol. The number of rotatable bonds is 3. The van der Waals surface area contributed by atoms with Gasteiger partial charge in [0.15, 0.2) is 0 Å². The van der Waals surface area contributed by atoms with Crippen molar-refractivity contribution >= 4 is 17.7 Å². The van der Waals surface area contributed by atoms with Crippen LogP contribution in [0.2, 0.25) is 0 Å². The molecule has 1 aromatic rings. The number of benzene rings is 1. The highest BCUT2D eigenvalue weighted by atomic mass is 32.2. The van der Waals surface area contributed by atoms with E-state index in [4.69, 9.17) is 5.73 Å². The third-order valence-corrected chi connectivity index (χ3v) is 5.72. The maximum atomic E-state index is 11.2. The highest BCUT2D eigenvalue weighted by Crippen LogP contribution is 2.41. The van der Waals surface area contributed by atoms with Crippen molar-refractivity contribution in [3.8, 4) is 0 Å². The van der Waals surface area contributed by atoms with Crippen LogP contribution in [0.5, 0.6) is 0 Å². The number of fused-ring (bicyclic) bond motifs is 2. The number of thioether (sulfide) groups is 1. The van der Waals surface area contributed by atoms with Crippen LogP contribution >= 0.6 is 11.8 Å². The van der Waals surface area contributed by atoms with Gasteiger partial charge in [0.05, 0.1) is 0 Å². The van der Waals surface area contributed by atoms with Crippen LogP contribution in [0.3, 0.4) is 0 Å². The lowest BCUT2D eigenvalue weighted by Crippen LogP contribution is -2.40. The molecule has 2 fully saturated rings. The molecule has 0 saturated carbocycles. The average molecular weight is 276 g/mol. The van der Waals surface area contributed by atoms with Crippen LogP contribution in [0.4, 0.5) is 0 Å². The summed E-state index contributed by atoms with van der Waals surface area (Å²) in [6.45, 7) is 0. The lowest BCUT2D eigenvalue weighted by Gasteiger charge is -2.36. The predicted octanol–water partition coefficient (Wildman–Crippen LogP) is 2.50. The number of carbonyl (C=O) groups excluding carboxylic acids is 1. The van der Waals surface area contributed by atoms with Gasteiger partial charge in [0.25, 0.3) is 0 Å². The predicted molar refractivity (Wildman–Crippen MR) is 78.4 cm³/mol. The topological polar surface area (TPSA) is 46.3 Å². The molecule has 1 aromatic carbocycles. The first-order valence-corrected chi connectivity index (χ1v) is 7.80. The number of hydrogen-bond acceptors (Lipinski definition) is 3. The van der Waals surface area contributed by atoms with Crippen molar-refractivity contribution in [1.29, 1.82) is 0 Å². The van der Waals surface area contributed by atoms with Gasteiger partial charge >= 0.3 is 0 Å². The van der Waals surface area contributed by atoms with Crippen LogP contribution in [-0.4, -0.2) is 35.2 Å². The fraction of sp³-hybridized carbons (Fsp3) is 0.533.